The SMILES string of the molecule is CC.CC.CC/C=C\C/C=C\C/C=C\C/C=C\C/C=C\CCCC(=O)NCCSSCCCCCC(C)(C)COC.CO.NC=O.NC=O. The molecule has 0 radical (unpaired) electrons. The standard InChI is InChI=1S/C32H55NO2S2.2C2H6.2CH3NO.CH4O/c1-5-6-7-8-9-10-11-12-13-14-15-16-17-18-19-20-22-25-31(34)33-27-29-37-36-28-24-21-23-26-32(2,3)30-35-4;2*1-2;2*2-1-3;1-2/h6-7,9-10,12-13,15-16,18-19H,5,8,11,14,17,20-30H2,1-4H3,(H,33,34);2*1-2H3;2*1H,(H2,2,3);2H,1H3/b7-6-,10-9-,13-12-,16-15-,19-18-;;;;;. The van der Waals surface area contributed by atoms with Crippen LogP contribution in [0.3, 0.4) is 0 Å². The number of primary amides is 2. The first kappa shape index (κ1) is 58.9. The fourth-order valence-corrected chi connectivity index (χ4v) is 5.65. The molecule has 0 atom stereocenters. The van der Waals surface area contributed by atoms with Crippen LogP contribution in [0, 0.1) is 5.41 Å². The number of carbonyl (C=O) groups is 3. The lowest BCUT2D eigenvalue weighted by atomic mass is 9.88. The number of rotatable bonds is 25. The Morgan fingerprint density at radius 2 is 1.14 bits per heavy atom. The highest BCUT2D eigenvalue weighted by Gasteiger charge is 2.16. The molecule has 0 fully saturated rings. The second kappa shape index (κ2) is 61.0. The molecule has 0 aliphatic rings. The van der Waals surface area contributed by atoms with E-state index < -0.39 is 0 Å². The van der Waals surface area contributed by atoms with Gasteiger partial charge in [0.05, 0.1) is 6.61 Å². The minimum atomic E-state index is 0.177. The van der Waals surface area contributed by atoms with Gasteiger partial charge in [0.15, 0.2) is 0 Å². The van der Waals surface area contributed by atoms with Crippen molar-refractivity contribution in [2.75, 3.05) is 38.9 Å². The van der Waals surface area contributed by atoms with Gasteiger partial charge in [-0.15, -0.1) is 0 Å². The van der Waals surface area contributed by atoms with Gasteiger partial charge in [-0.1, -0.05) is 144 Å². The Hall–Kier alpha value is -2.27. The topological polar surface area (TPSA) is 145 Å². The van der Waals surface area contributed by atoms with Crippen molar-refractivity contribution < 1.29 is 24.2 Å². The minimum Gasteiger partial charge on any atom is -0.400 e. The van der Waals surface area contributed by atoms with Crippen molar-refractivity contribution in [1.29, 1.82) is 0 Å². The van der Waals surface area contributed by atoms with Crippen LogP contribution in [0.4, 0.5) is 0 Å². The number of nitrogens with two attached hydrogens (primary N) is 2. The lowest BCUT2D eigenvalue weighted by molar-refractivity contribution is -0.121. The lowest BCUT2D eigenvalue weighted by Crippen LogP contribution is -2.25. The summed E-state index contributed by atoms with van der Waals surface area (Å²) >= 11 is 0. The van der Waals surface area contributed by atoms with Gasteiger partial charge in [-0.25, -0.2) is 0 Å². The predicted octanol–water partition coefficient (Wildman–Crippen LogP) is 9.50. The first-order valence-corrected chi connectivity index (χ1v) is 20.3. The molecule has 0 heterocycles. The number of aliphatic hydroxyl groups is 1. The summed E-state index contributed by atoms with van der Waals surface area (Å²) in [6, 6.07) is 0. The van der Waals surface area contributed by atoms with E-state index in [0.717, 1.165) is 71.0 Å². The van der Waals surface area contributed by atoms with Gasteiger partial charge in [0.2, 0.25) is 18.7 Å². The zero-order valence-corrected chi connectivity index (χ0v) is 34.4. The lowest BCUT2D eigenvalue weighted by Gasteiger charge is -2.23. The summed E-state index contributed by atoms with van der Waals surface area (Å²) in [5.74, 6) is 2.35. The number of ether oxygens (including phenoxy) is 1. The molecule has 0 bridgehead atoms. The average molecular weight is 732 g/mol. The molecule has 0 aromatic rings. The van der Waals surface area contributed by atoms with E-state index in [1.165, 1.54) is 31.4 Å². The number of carbonyl (C=O) groups excluding carboxylic acids is 3. The van der Waals surface area contributed by atoms with E-state index >= 15 is 0 Å². The Balaban J connectivity index is -0.000000339. The van der Waals surface area contributed by atoms with Gasteiger partial charge in [-0.2, -0.15) is 0 Å². The van der Waals surface area contributed by atoms with E-state index in [4.69, 9.17) is 19.4 Å². The molecule has 0 aromatic carbocycles. The third-order valence-corrected chi connectivity index (χ3v) is 8.13. The molecule has 3 amide bonds. The summed E-state index contributed by atoms with van der Waals surface area (Å²) in [5, 5.41) is 10.0. The summed E-state index contributed by atoms with van der Waals surface area (Å²) in [4.78, 5) is 29.1. The molecule has 0 aliphatic heterocycles. The number of aliphatic hydroxyl groups excluding tert-OH is 1. The molecule has 290 valence electrons. The van der Waals surface area contributed by atoms with Crippen molar-refractivity contribution >= 4 is 40.3 Å². The maximum Gasteiger partial charge on any atom is 0.220 e. The van der Waals surface area contributed by atoms with Crippen LogP contribution in [0.5, 0.6) is 0 Å². The van der Waals surface area contributed by atoms with E-state index in [9.17, 15) is 4.79 Å². The number of unbranched alkanes of at least 4 members (excludes halogenated alkanes) is 3. The van der Waals surface area contributed by atoms with E-state index in [1.54, 1.807) is 7.11 Å². The molecule has 0 unspecified atom stereocenters. The van der Waals surface area contributed by atoms with Crippen LogP contribution in [0.2, 0.25) is 0 Å². The summed E-state index contributed by atoms with van der Waals surface area (Å²) < 4.78 is 5.28. The van der Waals surface area contributed by atoms with Crippen LogP contribution in [0.1, 0.15) is 126 Å². The quantitative estimate of drug-likeness (QED) is 0.0317. The smallest absolute Gasteiger partial charge is 0.220 e. The van der Waals surface area contributed by atoms with Gasteiger partial charge < -0.3 is 26.6 Å². The molecular weight excluding hydrogens is 655 g/mol. The number of amides is 3. The molecule has 0 aromatic heterocycles. The zero-order valence-electron chi connectivity index (χ0n) is 32.8. The van der Waals surface area contributed by atoms with Crippen LogP contribution in [0.15, 0.2) is 60.8 Å². The van der Waals surface area contributed by atoms with Crippen LogP contribution in [0.25, 0.3) is 0 Å². The number of methoxy groups -OCH3 is 1. The van der Waals surface area contributed by atoms with Gasteiger partial charge in [0, 0.05) is 38.7 Å². The van der Waals surface area contributed by atoms with Gasteiger partial charge in [-0.05, 0) is 63.2 Å². The molecule has 49 heavy (non-hydrogen) atoms. The average Bonchev–Trinajstić information content (AvgIpc) is 3.10. The van der Waals surface area contributed by atoms with Gasteiger partial charge in [-0.3, -0.25) is 14.4 Å². The first-order valence-electron chi connectivity index (χ1n) is 17.9. The van der Waals surface area contributed by atoms with Crippen LogP contribution >= 0.6 is 21.6 Å². The highest BCUT2D eigenvalue weighted by Crippen LogP contribution is 2.26. The predicted molar refractivity (Wildman–Crippen MR) is 222 cm³/mol. The van der Waals surface area contributed by atoms with Gasteiger partial charge in [0.1, 0.15) is 0 Å². The third-order valence-electron chi connectivity index (χ3n) is 5.64. The van der Waals surface area contributed by atoms with Crippen molar-refractivity contribution in [3.8, 4) is 0 Å². The monoisotopic (exact) mass is 732 g/mol. The number of allylic oxidation sites excluding steroid dienone is 10. The maximum atomic E-state index is 12.0. The van der Waals surface area contributed by atoms with Crippen molar-refractivity contribution in [2.45, 2.75) is 126 Å². The summed E-state index contributed by atoms with van der Waals surface area (Å²) in [5.41, 5.74) is 8.63. The van der Waals surface area contributed by atoms with Crippen molar-refractivity contribution in [1.82, 2.24) is 5.32 Å². The Labute approximate surface area is 310 Å². The number of nitrogens with one attached hydrogen (secondary N) is 1. The zero-order chi connectivity index (χ0) is 38.7. The largest absolute Gasteiger partial charge is 0.400 e. The van der Waals surface area contributed by atoms with Gasteiger partial charge in [0.25, 0.3) is 0 Å². The van der Waals surface area contributed by atoms with Crippen molar-refractivity contribution in [2.24, 2.45) is 16.9 Å². The summed E-state index contributed by atoms with van der Waals surface area (Å²) in [6.07, 6.45) is 35.3. The first-order chi connectivity index (χ1) is 23.8. The number of hydrogen-bond acceptors (Lipinski definition) is 7. The van der Waals surface area contributed by atoms with Crippen LogP contribution in [-0.2, 0) is 19.1 Å². The Morgan fingerprint density at radius 3 is 1.59 bits per heavy atom. The molecule has 8 nitrogen and oxygen atoms in total. The Bertz CT molecular complexity index is 766. The second-order valence-electron chi connectivity index (χ2n) is 10.3. The van der Waals surface area contributed by atoms with E-state index in [2.05, 4.69) is 98.3 Å². The summed E-state index contributed by atoms with van der Waals surface area (Å²) in [7, 11) is 6.59. The molecule has 10 heteroatoms. The highest BCUT2D eigenvalue weighted by molar-refractivity contribution is 8.76. The Morgan fingerprint density at radius 1 is 0.714 bits per heavy atom. The van der Waals surface area contributed by atoms with E-state index in [1.807, 2.05) is 49.3 Å². The van der Waals surface area contributed by atoms with Crippen molar-refractivity contribution in [3.05, 3.63) is 60.8 Å². The molecule has 0 spiro atoms. The normalized spacial score (nSPS) is 10.6. The van der Waals surface area contributed by atoms with Crippen LogP contribution in [-0.4, -0.2) is 62.7 Å². The van der Waals surface area contributed by atoms with E-state index in [-0.39, 0.29) is 18.7 Å². The molecular formula is C39H77N3O5S2. The molecule has 0 aliphatic carbocycles. The Kier molecular flexibility index (Phi) is 73.3. The van der Waals surface area contributed by atoms with Crippen molar-refractivity contribution in [3.63, 3.8) is 0 Å². The third kappa shape index (κ3) is 72.5. The fraction of sp³-hybridized carbons (Fsp3) is 0.667. The summed E-state index contributed by atoms with van der Waals surface area (Å²) in [6.45, 7) is 16.3. The highest BCUT2D eigenvalue weighted by atomic mass is 33.1. The van der Waals surface area contributed by atoms with Gasteiger partial charge >= 0.3 is 0 Å². The molecule has 0 rings (SSSR count). The number of hydrogen-bond donors (Lipinski definition) is 4. The molecule has 6 N–H and O–H groups in total. The fourth-order valence-electron chi connectivity index (χ4n) is 3.59. The van der Waals surface area contributed by atoms with E-state index in [0.29, 0.717) is 11.8 Å². The second-order valence-corrected chi connectivity index (χ2v) is 13.0. The molecule has 0 saturated heterocycles. The maximum absolute atomic E-state index is 12.0. The molecule has 0 saturated carbocycles. The minimum absolute atomic E-state index is 0.177. The van der Waals surface area contributed by atoms with Crippen LogP contribution < -0.4 is 16.8 Å².